The zero-order valence-electron chi connectivity index (χ0n) is 13.0. The number of carbonyl (C=O) groups excluding carboxylic acids is 1. The van der Waals surface area contributed by atoms with Crippen LogP contribution in [0, 0.1) is 11.3 Å². The van der Waals surface area contributed by atoms with Crippen LogP contribution in [0.15, 0.2) is 16.7 Å². The number of nitrogens with two attached hydrogens (primary N) is 1. The molecule has 1 saturated carbocycles. The molecule has 120 valence electrons. The van der Waals surface area contributed by atoms with E-state index in [9.17, 15) is 4.79 Å². The first-order valence-electron chi connectivity index (χ1n) is 7.60. The molecule has 1 heterocycles. The zero-order valence-corrected chi connectivity index (χ0v) is 13.8. The van der Waals surface area contributed by atoms with E-state index in [0.29, 0.717) is 29.2 Å². The Balaban J connectivity index is 0.00000220. The number of carbonyl (C=O) groups is 1. The average molecular weight is 315 g/mol. The fourth-order valence-corrected chi connectivity index (χ4v) is 3.42. The minimum Gasteiger partial charge on any atom is -0.467 e. The molecule has 0 aliphatic heterocycles. The number of hydrogen-bond donors (Lipinski definition) is 2. The Morgan fingerprint density at radius 2 is 2.10 bits per heavy atom. The second-order valence-electron chi connectivity index (χ2n) is 6.49. The molecule has 0 atom stereocenters. The van der Waals surface area contributed by atoms with Crippen molar-refractivity contribution in [2.24, 2.45) is 17.1 Å². The summed E-state index contributed by atoms with van der Waals surface area (Å²) in [5.41, 5.74) is 6.36. The van der Waals surface area contributed by atoms with Gasteiger partial charge in [0, 0.05) is 6.54 Å². The third kappa shape index (κ3) is 4.75. The van der Waals surface area contributed by atoms with Gasteiger partial charge in [-0.05, 0) is 36.7 Å². The van der Waals surface area contributed by atoms with Crippen molar-refractivity contribution in [1.29, 1.82) is 0 Å². The van der Waals surface area contributed by atoms with E-state index in [1.165, 1.54) is 38.4 Å². The van der Waals surface area contributed by atoms with Gasteiger partial charge in [-0.2, -0.15) is 0 Å². The molecule has 3 N–H and O–H groups in total. The van der Waals surface area contributed by atoms with Crippen molar-refractivity contribution in [3.8, 4) is 0 Å². The van der Waals surface area contributed by atoms with Gasteiger partial charge in [0.2, 0.25) is 0 Å². The van der Waals surface area contributed by atoms with E-state index in [2.05, 4.69) is 19.2 Å². The topological polar surface area (TPSA) is 68.3 Å². The number of halogens is 1. The molecule has 1 aromatic rings. The van der Waals surface area contributed by atoms with Gasteiger partial charge < -0.3 is 15.5 Å². The summed E-state index contributed by atoms with van der Waals surface area (Å²) in [7, 11) is 0. The molecule has 0 spiro atoms. The molecule has 4 nitrogen and oxygen atoms in total. The normalized spacial score (nSPS) is 16.8. The quantitative estimate of drug-likeness (QED) is 0.844. The molecular weight excluding hydrogens is 288 g/mol. The number of nitrogens with one attached hydrogen (secondary N) is 1. The highest BCUT2D eigenvalue weighted by molar-refractivity contribution is 5.94. The number of rotatable bonds is 6. The Bertz CT molecular complexity index is 451. The molecule has 5 heteroatoms. The molecule has 1 fully saturated rings. The summed E-state index contributed by atoms with van der Waals surface area (Å²) in [4.78, 5) is 12.1. The van der Waals surface area contributed by atoms with Crippen LogP contribution in [0.4, 0.5) is 0 Å². The van der Waals surface area contributed by atoms with Crippen molar-refractivity contribution in [3.63, 3.8) is 0 Å². The predicted octanol–water partition coefficient (Wildman–Crippen LogP) is 3.50. The van der Waals surface area contributed by atoms with Gasteiger partial charge in [0.1, 0.15) is 12.0 Å². The van der Waals surface area contributed by atoms with E-state index in [1.807, 2.05) is 0 Å². The lowest BCUT2D eigenvalue weighted by Gasteiger charge is -2.31. The molecule has 0 unspecified atom stereocenters. The maximum atomic E-state index is 12.1. The van der Waals surface area contributed by atoms with Crippen LogP contribution >= 0.6 is 12.4 Å². The Kier molecular flexibility index (Phi) is 6.75. The average Bonchev–Trinajstić information content (AvgIpc) is 3.04. The molecule has 0 aromatic carbocycles. The largest absolute Gasteiger partial charge is 0.467 e. The summed E-state index contributed by atoms with van der Waals surface area (Å²) in [6.45, 7) is 5.61. The fourth-order valence-electron chi connectivity index (χ4n) is 3.42. The number of hydrogen-bond acceptors (Lipinski definition) is 3. The predicted molar refractivity (Wildman–Crippen MR) is 86.5 cm³/mol. The maximum absolute atomic E-state index is 12.1. The molecule has 1 aromatic heterocycles. The van der Waals surface area contributed by atoms with Crippen LogP contribution in [0.1, 0.15) is 62.1 Å². The van der Waals surface area contributed by atoms with Gasteiger partial charge in [-0.15, -0.1) is 12.4 Å². The van der Waals surface area contributed by atoms with Crippen molar-refractivity contribution in [2.75, 3.05) is 6.54 Å². The molecule has 21 heavy (non-hydrogen) atoms. The van der Waals surface area contributed by atoms with Crippen molar-refractivity contribution >= 4 is 18.3 Å². The van der Waals surface area contributed by atoms with Crippen LogP contribution in [0.2, 0.25) is 0 Å². The fraction of sp³-hybridized carbons (Fsp3) is 0.688. The third-order valence-electron chi connectivity index (χ3n) is 4.25. The van der Waals surface area contributed by atoms with Gasteiger partial charge >= 0.3 is 0 Å². The van der Waals surface area contributed by atoms with Gasteiger partial charge in [0.15, 0.2) is 0 Å². The maximum Gasteiger partial charge on any atom is 0.254 e. The SMILES string of the molecule is CC(C)CC1(CNC(=O)c2coc(CN)c2)CCCC1.Cl. The lowest BCUT2D eigenvalue weighted by molar-refractivity contribution is 0.0921. The smallest absolute Gasteiger partial charge is 0.254 e. The second-order valence-corrected chi connectivity index (χ2v) is 6.49. The van der Waals surface area contributed by atoms with Gasteiger partial charge in [-0.1, -0.05) is 26.7 Å². The van der Waals surface area contributed by atoms with Crippen molar-refractivity contribution in [3.05, 3.63) is 23.7 Å². The lowest BCUT2D eigenvalue weighted by Crippen LogP contribution is -2.36. The van der Waals surface area contributed by atoms with E-state index in [4.69, 9.17) is 10.2 Å². The highest BCUT2D eigenvalue weighted by atomic mass is 35.5. The highest BCUT2D eigenvalue weighted by Crippen LogP contribution is 2.42. The van der Waals surface area contributed by atoms with Gasteiger partial charge in [0.05, 0.1) is 12.1 Å². The van der Waals surface area contributed by atoms with Crippen LogP contribution in [0.25, 0.3) is 0 Å². The molecule has 0 radical (unpaired) electrons. The summed E-state index contributed by atoms with van der Waals surface area (Å²) >= 11 is 0. The monoisotopic (exact) mass is 314 g/mol. The van der Waals surface area contributed by atoms with E-state index in [1.54, 1.807) is 6.07 Å². The van der Waals surface area contributed by atoms with Gasteiger partial charge in [-0.25, -0.2) is 0 Å². The molecule has 1 aliphatic rings. The standard InChI is InChI=1S/C16H26N2O2.ClH/c1-12(2)8-16(5-3-4-6-16)11-18-15(19)13-7-14(9-17)20-10-13;/h7,10,12H,3-6,8-9,11,17H2,1-2H3,(H,18,19);1H. The first kappa shape index (κ1) is 18.1. The van der Waals surface area contributed by atoms with E-state index < -0.39 is 0 Å². The van der Waals surface area contributed by atoms with Crippen molar-refractivity contribution < 1.29 is 9.21 Å². The first-order chi connectivity index (χ1) is 9.54. The van der Waals surface area contributed by atoms with Crippen LogP contribution in [-0.2, 0) is 6.54 Å². The summed E-state index contributed by atoms with van der Waals surface area (Å²) in [5, 5.41) is 3.08. The van der Waals surface area contributed by atoms with Crippen LogP contribution in [-0.4, -0.2) is 12.5 Å². The van der Waals surface area contributed by atoms with Crippen LogP contribution < -0.4 is 11.1 Å². The summed E-state index contributed by atoms with van der Waals surface area (Å²) in [6.07, 6.45) is 7.70. The molecule has 1 aliphatic carbocycles. The van der Waals surface area contributed by atoms with Gasteiger partial charge in [0.25, 0.3) is 5.91 Å². The minimum atomic E-state index is -0.0523. The van der Waals surface area contributed by atoms with E-state index in [0.717, 1.165) is 6.54 Å². The summed E-state index contributed by atoms with van der Waals surface area (Å²) in [5.74, 6) is 1.26. The molecule has 2 rings (SSSR count). The van der Waals surface area contributed by atoms with Crippen LogP contribution in [0.3, 0.4) is 0 Å². The summed E-state index contributed by atoms with van der Waals surface area (Å²) < 4.78 is 5.21. The minimum absolute atomic E-state index is 0. The number of furan rings is 1. The zero-order chi connectivity index (χ0) is 14.6. The molecule has 0 bridgehead atoms. The molecule has 1 amide bonds. The van der Waals surface area contributed by atoms with Crippen molar-refractivity contribution in [2.45, 2.75) is 52.5 Å². The Hall–Kier alpha value is -1.00. The second kappa shape index (κ2) is 7.85. The molecule has 0 saturated heterocycles. The van der Waals surface area contributed by atoms with Gasteiger partial charge in [-0.3, -0.25) is 4.79 Å². The highest BCUT2D eigenvalue weighted by Gasteiger charge is 2.34. The van der Waals surface area contributed by atoms with Crippen molar-refractivity contribution in [1.82, 2.24) is 5.32 Å². The summed E-state index contributed by atoms with van der Waals surface area (Å²) in [6, 6.07) is 1.72. The lowest BCUT2D eigenvalue weighted by atomic mass is 9.78. The van der Waals surface area contributed by atoms with E-state index in [-0.39, 0.29) is 18.3 Å². The Morgan fingerprint density at radius 1 is 1.43 bits per heavy atom. The Morgan fingerprint density at radius 3 is 2.62 bits per heavy atom. The third-order valence-corrected chi connectivity index (χ3v) is 4.25. The van der Waals surface area contributed by atoms with E-state index >= 15 is 0 Å². The van der Waals surface area contributed by atoms with Crippen LogP contribution in [0.5, 0.6) is 0 Å². The first-order valence-corrected chi connectivity index (χ1v) is 7.60. The Labute approximate surface area is 133 Å². The number of amides is 1. The molecular formula is C16H27ClN2O2.